The Morgan fingerprint density at radius 3 is 2.17 bits per heavy atom. The maximum absolute atomic E-state index is 14.1. The molecule has 0 amide bonds. The zero-order chi connectivity index (χ0) is 22.0. The van der Waals surface area contributed by atoms with Gasteiger partial charge in [-0.25, -0.2) is 8.42 Å². The molecule has 0 radical (unpaired) electrons. The first-order chi connectivity index (χ1) is 14.2. The van der Waals surface area contributed by atoms with Crippen molar-refractivity contribution in [2.24, 2.45) is 0 Å². The topological polar surface area (TPSA) is 98.8 Å². The van der Waals surface area contributed by atoms with Crippen molar-refractivity contribution in [2.75, 3.05) is 13.2 Å². The van der Waals surface area contributed by atoms with E-state index < -0.39 is 22.9 Å². The van der Waals surface area contributed by atoms with E-state index in [1.807, 2.05) is 0 Å². The lowest BCUT2D eigenvalue weighted by molar-refractivity contribution is 0.103. The Bertz CT molecular complexity index is 1120. The summed E-state index contributed by atoms with van der Waals surface area (Å²) in [7, 11) is -8.37. The number of sulfonamides is 1. The second-order valence-electron chi connectivity index (χ2n) is 6.38. The lowest BCUT2D eigenvalue weighted by atomic mass is 9.92. The van der Waals surface area contributed by atoms with Gasteiger partial charge in [-0.15, -0.1) is 0 Å². The summed E-state index contributed by atoms with van der Waals surface area (Å²) in [5, 5.41) is -1.95. The molecule has 0 aromatic heterocycles. The molecule has 0 unspecified atom stereocenters. The van der Waals surface area contributed by atoms with Crippen LogP contribution in [0.3, 0.4) is 0 Å². The van der Waals surface area contributed by atoms with Crippen LogP contribution in [-0.4, -0.2) is 27.4 Å². The molecule has 1 atom stereocenters. The van der Waals surface area contributed by atoms with Crippen molar-refractivity contribution in [1.29, 1.82) is 0 Å². The van der Waals surface area contributed by atoms with E-state index in [2.05, 4.69) is 20.7 Å². The molecule has 1 aliphatic rings. The number of carbonyl (C=O) groups is 1. The largest absolute Gasteiger partial charge is 0.360 e. The third kappa shape index (κ3) is 3.98. The second-order valence-corrected chi connectivity index (χ2v) is 11.1. The number of hydrogen-bond donors (Lipinski definition) is 1. The summed E-state index contributed by atoms with van der Waals surface area (Å²) in [5.74, 6) is -0.361. The van der Waals surface area contributed by atoms with Gasteiger partial charge in [0.1, 0.15) is 0 Å². The average molecular weight is 514 g/mol. The number of halogens is 1. The normalized spacial score (nSPS) is 19.3. The van der Waals surface area contributed by atoms with Crippen LogP contribution in [0.15, 0.2) is 70.1 Å². The minimum atomic E-state index is -4.19. The van der Waals surface area contributed by atoms with Crippen LogP contribution in [0.5, 0.6) is 0 Å². The van der Waals surface area contributed by atoms with Crippen LogP contribution in [-0.2, 0) is 28.9 Å². The zero-order valence-electron chi connectivity index (χ0n) is 16.4. The number of fused-ring (bicyclic) bond motifs is 1. The summed E-state index contributed by atoms with van der Waals surface area (Å²) in [6.45, 7) is 3.27. The molecule has 0 bridgehead atoms. The number of carbonyl (C=O) groups excluding carboxylic acids is 1. The van der Waals surface area contributed by atoms with Gasteiger partial charge in [-0.1, -0.05) is 42.5 Å². The molecule has 3 rings (SSSR count). The predicted octanol–water partition coefficient (Wildman–Crippen LogP) is 4.56. The van der Waals surface area contributed by atoms with Crippen molar-refractivity contribution >= 4 is 39.3 Å². The average Bonchev–Trinajstić information content (AvgIpc) is 2.72. The van der Waals surface area contributed by atoms with E-state index in [1.54, 1.807) is 56.3 Å². The van der Waals surface area contributed by atoms with Gasteiger partial charge in [-0.3, -0.25) is 9.36 Å². The van der Waals surface area contributed by atoms with Gasteiger partial charge in [-0.2, -0.15) is 4.72 Å². The standard InChI is InChI=1S/C20H21BrNO6PS/c1-3-27-29(24,28-4-2)20(22-30(25,26)15-10-6-5-7-11-15)14-18(21)19(23)16-12-8-9-13-17(16)20/h5-14,22H,3-4H2,1-2H3/t20-/m0/s1. The number of benzene rings is 2. The molecule has 2 aromatic carbocycles. The van der Waals surface area contributed by atoms with Gasteiger partial charge in [0.2, 0.25) is 10.0 Å². The van der Waals surface area contributed by atoms with Crippen molar-refractivity contribution < 1.29 is 26.8 Å². The van der Waals surface area contributed by atoms with Crippen molar-refractivity contribution in [3.63, 3.8) is 0 Å². The Kier molecular flexibility index (Phi) is 6.81. The smallest absolute Gasteiger partial charge is 0.307 e. The van der Waals surface area contributed by atoms with Crippen LogP contribution in [0.25, 0.3) is 0 Å². The Morgan fingerprint density at radius 2 is 1.57 bits per heavy atom. The number of rotatable bonds is 8. The van der Waals surface area contributed by atoms with E-state index in [9.17, 15) is 17.8 Å². The lowest BCUT2D eigenvalue weighted by Crippen LogP contribution is -2.47. The van der Waals surface area contributed by atoms with Gasteiger partial charge in [0.15, 0.2) is 11.1 Å². The Hall–Kier alpha value is -1.61. The van der Waals surface area contributed by atoms with E-state index in [0.29, 0.717) is 0 Å². The highest BCUT2D eigenvalue weighted by atomic mass is 79.9. The van der Waals surface area contributed by atoms with Gasteiger partial charge in [0.25, 0.3) is 0 Å². The molecule has 0 heterocycles. The SMILES string of the molecule is CCOP(=O)(OCC)[C@@]1(NS(=O)(=O)c2ccccc2)C=C(Br)C(=O)c2ccccc21. The van der Waals surface area contributed by atoms with Gasteiger partial charge < -0.3 is 9.05 Å². The summed E-state index contributed by atoms with van der Waals surface area (Å²) < 4.78 is 54.4. The number of Topliss-reactive ketones (excluding diaryl/α,β-unsaturated/α-hetero) is 1. The predicted molar refractivity (Wildman–Crippen MR) is 117 cm³/mol. The molecule has 0 spiro atoms. The van der Waals surface area contributed by atoms with E-state index >= 15 is 0 Å². The van der Waals surface area contributed by atoms with Crippen LogP contribution in [0, 0.1) is 0 Å². The fourth-order valence-electron chi connectivity index (χ4n) is 3.28. The molecule has 30 heavy (non-hydrogen) atoms. The molecule has 0 aliphatic heterocycles. The summed E-state index contributed by atoms with van der Waals surface area (Å²) in [5.41, 5.74) is 0.394. The molecule has 2 aromatic rings. The molecule has 7 nitrogen and oxygen atoms in total. The Labute approximate surface area is 184 Å². The summed E-state index contributed by atoms with van der Waals surface area (Å²) in [6, 6.07) is 14.0. The number of nitrogens with one attached hydrogen (secondary N) is 1. The van der Waals surface area contributed by atoms with Crippen molar-refractivity contribution in [1.82, 2.24) is 4.72 Å². The molecule has 1 aliphatic carbocycles. The van der Waals surface area contributed by atoms with Crippen LogP contribution in [0.2, 0.25) is 0 Å². The fourth-order valence-corrected chi connectivity index (χ4v) is 7.97. The van der Waals surface area contributed by atoms with E-state index in [1.165, 1.54) is 18.2 Å². The summed E-state index contributed by atoms with van der Waals surface area (Å²) >= 11 is 3.20. The molecule has 10 heteroatoms. The summed E-state index contributed by atoms with van der Waals surface area (Å²) in [4.78, 5) is 12.7. The minimum Gasteiger partial charge on any atom is -0.307 e. The Balaban J connectivity index is 2.34. The third-order valence-electron chi connectivity index (χ3n) is 4.51. The van der Waals surface area contributed by atoms with Crippen LogP contribution in [0.1, 0.15) is 29.8 Å². The quantitative estimate of drug-likeness (QED) is 0.519. The lowest BCUT2D eigenvalue weighted by Gasteiger charge is -2.40. The van der Waals surface area contributed by atoms with Crippen LogP contribution in [0.4, 0.5) is 0 Å². The van der Waals surface area contributed by atoms with Crippen molar-refractivity contribution in [3.8, 4) is 0 Å². The molecule has 0 saturated heterocycles. The van der Waals surface area contributed by atoms with Crippen LogP contribution < -0.4 is 4.72 Å². The highest BCUT2D eigenvalue weighted by molar-refractivity contribution is 9.12. The van der Waals surface area contributed by atoms with E-state index in [0.717, 1.165) is 0 Å². The maximum Gasteiger partial charge on any atom is 0.360 e. The Morgan fingerprint density at radius 1 is 1.00 bits per heavy atom. The first kappa shape index (κ1) is 23.1. The minimum absolute atomic E-state index is 0.00760. The monoisotopic (exact) mass is 513 g/mol. The number of ketones is 1. The molecule has 1 N–H and O–H groups in total. The first-order valence-corrected chi connectivity index (χ1v) is 13.0. The van der Waals surface area contributed by atoms with Gasteiger partial charge >= 0.3 is 7.60 Å². The number of allylic oxidation sites excluding steroid dienone is 1. The number of hydrogen-bond acceptors (Lipinski definition) is 6. The molecular formula is C20H21BrNO6PS. The highest BCUT2D eigenvalue weighted by Crippen LogP contribution is 2.66. The van der Waals surface area contributed by atoms with E-state index in [-0.39, 0.29) is 39.5 Å². The van der Waals surface area contributed by atoms with E-state index in [4.69, 9.17) is 9.05 Å². The fraction of sp³-hybridized carbons (Fsp3) is 0.250. The molecule has 0 fully saturated rings. The first-order valence-electron chi connectivity index (χ1n) is 9.21. The second kappa shape index (κ2) is 8.86. The third-order valence-corrected chi connectivity index (χ3v) is 9.27. The molecular weight excluding hydrogens is 493 g/mol. The van der Waals surface area contributed by atoms with Crippen molar-refractivity contribution in [2.45, 2.75) is 24.0 Å². The molecule has 0 saturated carbocycles. The zero-order valence-corrected chi connectivity index (χ0v) is 19.7. The van der Waals surface area contributed by atoms with Gasteiger partial charge in [-0.05, 0) is 48.0 Å². The van der Waals surface area contributed by atoms with Gasteiger partial charge in [0.05, 0.1) is 22.6 Å². The highest BCUT2D eigenvalue weighted by Gasteiger charge is 2.57. The molecule has 160 valence electrons. The van der Waals surface area contributed by atoms with Crippen LogP contribution >= 0.6 is 23.5 Å². The van der Waals surface area contributed by atoms with Gasteiger partial charge in [0, 0.05) is 11.1 Å². The maximum atomic E-state index is 14.1. The summed E-state index contributed by atoms with van der Waals surface area (Å²) in [6.07, 6.45) is 1.27. The van der Waals surface area contributed by atoms with Crippen molar-refractivity contribution in [3.05, 3.63) is 76.3 Å².